The lowest BCUT2D eigenvalue weighted by atomic mass is 9.75. The minimum Gasteiger partial charge on any atom is -0.490 e. The molecule has 0 saturated carbocycles. The molecule has 0 aromatic heterocycles. The second-order valence-electron chi connectivity index (χ2n) is 9.10. The molecule has 6 nitrogen and oxygen atoms in total. The molecule has 0 bridgehead atoms. The summed E-state index contributed by atoms with van der Waals surface area (Å²) in [5.41, 5.74) is 3.50. The number of nitrogens with one attached hydrogen (secondary N) is 1. The zero-order valence-corrected chi connectivity index (χ0v) is 20.0. The number of benzene rings is 2. The summed E-state index contributed by atoms with van der Waals surface area (Å²) in [7, 11) is 0. The minimum atomic E-state index is -0.475. The second-order valence-corrected chi connectivity index (χ2v) is 9.10. The summed E-state index contributed by atoms with van der Waals surface area (Å²) in [6.45, 7) is 10.4. The topological polar surface area (TPSA) is 67.9 Å². The molecule has 2 atom stereocenters. The lowest BCUT2D eigenvalue weighted by Gasteiger charge is -2.45. The predicted molar refractivity (Wildman–Crippen MR) is 128 cm³/mol. The van der Waals surface area contributed by atoms with Crippen LogP contribution in [0.1, 0.15) is 73.1 Å². The third-order valence-corrected chi connectivity index (χ3v) is 6.49. The van der Waals surface area contributed by atoms with Crippen LogP contribution in [0.3, 0.4) is 0 Å². The summed E-state index contributed by atoms with van der Waals surface area (Å²) in [6, 6.07) is 11.2. The first kappa shape index (κ1) is 23.1. The Balaban J connectivity index is 1.81. The minimum absolute atomic E-state index is 0.0145. The molecule has 4 rings (SSSR count). The summed E-state index contributed by atoms with van der Waals surface area (Å²) >= 11 is 0. The van der Waals surface area contributed by atoms with Gasteiger partial charge in [-0.25, -0.2) is 0 Å². The van der Waals surface area contributed by atoms with Gasteiger partial charge in [0, 0.05) is 18.7 Å². The van der Waals surface area contributed by atoms with Gasteiger partial charge in [-0.3, -0.25) is 9.59 Å². The van der Waals surface area contributed by atoms with Crippen LogP contribution in [-0.2, 0) is 11.2 Å². The number of carbonyl (C=O) groups is 2. The van der Waals surface area contributed by atoms with E-state index in [0.717, 1.165) is 23.1 Å². The van der Waals surface area contributed by atoms with Crippen molar-refractivity contribution in [2.75, 3.05) is 26.3 Å². The van der Waals surface area contributed by atoms with Gasteiger partial charge in [-0.05, 0) is 67.5 Å². The fourth-order valence-electron chi connectivity index (χ4n) is 4.95. The van der Waals surface area contributed by atoms with Gasteiger partial charge in [0.1, 0.15) is 0 Å². The maximum absolute atomic E-state index is 13.6. The van der Waals surface area contributed by atoms with Crippen molar-refractivity contribution >= 4 is 11.8 Å². The highest BCUT2D eigenvalue weighted by Crippen LogP contribution is 2.48. The Hall–Kier alpha value is -3.02. The molecular weight excluding hydrogens is 416 g/mol. The van der Waals surface area contributed by atoms with Crippen molar-refractivity contribution in [1.29, 1.82) is 0 Å². The van der Waals surface area contributed by atoms with Gasteiger partial charge in [-0.15, -0.1) is 0 Å². The van der Waals surface area contributed by atoms with Crippen molar-refractivity contribution in [2.45, 2.75) is 52.5 Å². The van der Waals surface area contributed by atoms with Crippen molar-refractivity contribution < 1.29 is 19.1 Å². The number of rotatable bonds is 8. The van der Waals surface area contributed by atoms with Crippen LogP contribution in [0, 0.1) is 5.92 Å². The van der Waals surface area contributed by atoms with E-state index in [1.807, 2.05) is 55.1 Å². The van der Waals surface area contributed by atoms with Crippen LogP contribution < -0.4 is 14.8 Å². The molecule has 2 aliphatic rings. The van der Waals surface area contributed by atoms with E-state index in [0.29, 0.717) is 55.7 Å². The van der Waals surface area contributed by atoms with Gasteiger partial charge in [0.15, 0.2) is 11.5 Å². The van der Waals surface area contributed by atoms with Gasteiger partial charge in [-0.2, -0.15) is 0 Å². The molecule has 0 spiro atoms. The summed E-state index contributed by atoms with van der Waals surface area (Å²) < 4.78 is 11.7. The zero-order chi connectivity index (χ0) is 23.5. The van der Waals surface area contributed by atoms with E-state index in [1.54, 1.807) is 0 Å². The van der Waals surface area contributed by atoms with Gasteiger partial charge in [0.25, 0.3) is 5.91 Å². The molecule has 0 fully saturated rings. The second kappa shape index (κ2) is 9.86. The number of hydrogen-bond donors (Lipinski definition) is 1. The van der Waals surface area contributed by atoms with Crippen molar-refractivity contribution in [3.8, 4) is 11.5 Å². The Kier molecular flexibility index (Phi) is 6.91. The lowest BCUT2D eigenvalue weighted by molar-refractivity contribution is -0.124. The van der Waals surface area contributed by atoms with Crippen LogP contribution in [-0.4, -0.2) is 43.0 Å². The Morgan fingerprint density at radius 3 is 2.48 bits per heavy atom. The van der Waals surface area contributed by atoms with Gasteiger partial charge in [0.05, 0.1) is 25.2 Å². The average molecular weight is 451 g/mol. The smallest absolute Gasteiger partial charge is 0.254 e. The largest absolute Gasteiger partial charge is 0.490 e. The first-order valence-electron chi connectivity index (χ1n) is 12.1. The lowest BCUT2D eigenvalue weighted by Crippen LogP contribution is -2.50. The molecule has 176 valence electrons. The number of amides is 2. The highest BCUT2D eigenvalue weighted by molar-refractivity contribution is 6.01. The van der Waals surface area contributed by atoms with E-state index >= 15 is 0 Å². The highest BCUT2D eigenvalue weighted by Gasteiger charge is 2.46. The van der Waals surface area contributed by atoms with E-state index in [4.69, 9.17) is 9.47 Å². The third-order valence-electron chi connectivity index (χ3n) is 6.49. The Morgan fingerprint density at radius 1 is 1.09 bits per heavy atom. The van der Waals surface area contributed by atoms with Crippen LogP contribution in [0.15, 0.2) is 36.4 Å². The van der Waals surface area contributed by atoms with Gasteiger partial charge in [-0.1, -0.05) is 32.0 Å². The zero-order valence-electron chi connectivity index (χ0n) is 20.0. The van der Waals surface area contributed by atoms with Crippen LogP contribution in [0.5, 0.6) is 11.5 Å². The Bertz CT molecular complexity index is 1030. The summed E-state index contributed by atoms with van der Waals surface area (Å²) in [6.07, 6.45) is 1.63. The van der Waals surface area contributed by atoms with Crippen LogP contribution in [0.25, 0.3) is 0 Å². The highest BCUT2D eigenvalue weighted by atomic mass is 16.5. The van der Waals surface area contributed by atoms with E-state index in [2.05, 4.69) is 19.2 Å². The fourth-order valence-corrected chi connectivity index (χ4v) is 4.95. The maximum Gasteiger partial charge on any atom is 0.254 e. The Labute approximate surface area is 196 Å². The molecule has 2 amide bonds. The first-order valence-corrected chi connectivity index (χ1v) is 12.1. The third kappa shape index (κ3) is 4.43. The van der Waals surface area contributed by atoms with E-state index in [-0.39, 0.29) is 17.9 Å². The molecule has 2 aromatic carbocycles. The van der Waals surface area contributed by atoms with Crippen molar-refractivity contribution in [1.82, 2.24) is 10.2 Å². The maximum atomic E-state index is 13.6. The molecule has 6 heteroatoms. The summed E-state index contributed by atoms with van der Waals surface area (Å²) in [4.78, 5) is 28.9. The fraction of sp³-hybridized carbons (Fsp3) is 0.481. The molecule has 33 heavy (non-hydrogen) atoms. The predicted octanol–water partition coefficient (Wildman–Crippen LogP) is 4.48. The molecule has 2 aromatic rings. The van der Waals surface area contributed by atoms with Crippen molar-refractivity contribution in [3.63, 3.8) is 0 Å². The molecule has 2 heterocycles. The van der Waals surface area contributed by atoms with E-state index in [9.17, 15) is 9.59 Å². The van der Waals surface area contributed by atoms with Gasteiger partial charge < -0.3 is 19.7 Å². The number of hydrogen-bond acceptors (Lipinski definition) is 4. The quantitative estimate of drug-likeness (QED) is 0.644. The summed E-state index contributed by atoms with van der Waals surface area (Å²) in [5, 5.41) is 3.14. The summed E-state index contributed by atoms with van der Waals surface area (Å²) in [5.74, 6) is 1.35. The monoisotopic (exact) mass is 450 g/mol. The number of ether oxygens (including phenoxy) is 2. The van der Waals surface area contributed by atoms with Crippen LogP contribution >= 0.6 is 0 Å². The molecule has 0 unspecified atom stereocenters. The Morgan fingerprint density at radius 2 is 1.79 bits per heavy atom. The number of nitrogens with zero attached hydrogens (tertiary/aromatic N) is 1. The van der Waals surface area contributed by atoms with Gasteiger partial charge >= 0.3 is 0 Å². The molecule has 1 N–H and O–H groups in total. The van der Waals surface area contributed by atoms with Crippen LogP contribution in [0.4, 0.5) is 0 Å². The van der Waals surface area contributed by atoms with Crippen molar-refractivity contribution in [3.05, 3.63) is 58.7 Å². The molecule has 2 aliphatic heterocycles. The molecule has 0 aliphatic carbocycles. The number of carbonyl (C=O) groups excluding carboxylic acids is 2. The molecular formula is C27H34N2O4. The molecule has 0 radical (unpaired) electrons. The SMILES string of the molecule is CCOc1cc2c(cc1OCC)[C@H]1[C@@H](C(=O)NCCC(C)C)c3ccccc3C(=O)N1CC2. The van der Waals surface area contributed by atoms with Gasteiger partial charge in [0.2, 0.25) is 5.91 Å². The van der Waals surface area contributed by atoms with E-state index < -0.39 is 5.92 Å². The van der Waals surface area contributed by atoms with Crippen LogP contribution in [0.2, 0.25) is 0 Å². The normalized spacial score (nSPS) is 18.9. The average Bonchev–Trinajstić information content (AvgIpc) is 2.80. The number of fused-ring (bicyclic) bond motifs is 4. The molecule has 0 saturated heterocycles. The van der Waals surface area contributed by atoms with Crippen molar-refractivity contribution in [2.24, 2.45) is 5.92 Å². The standard InChI is InChI=1S/C27H34N2O4/c1-5-32-22-15-18-12-14-29-25(21(18)16-23(22)33-6-2)24(26(30)28-13-11-17(3)4)19-9-7-8-10-20(19)27(29)31/h7-10,15-17,24-25H,5-6,11-14H2,1-4H3,(H,28,30)/t24-,25-/m0/s1. The first-order chi connectivity index (χ1) is 16.0. The van der Waals surface area contributed by atoms with E-state index in [1.165, 1.54) is 0 Å².